The predicted octanol–water partition coefficient (Wildman–Crippen LogP) is 4.90. The Labute approximate surface area is 155 Å². The Bertz CT molecular complexity index is 910. The van der Waals surface area contributed by atoms with Crippen molar-refractivity contribution in [1.29, 1.82) is 0 Å². The highest BCUT2D eigenvalue weighted by molar-refractivity contribution is 8.27. The van der Waals surface area contributed by atoms with Crippen molar-refractivity contribution < 1.29 is 14.1 Å². The average molecular weight is 401 g/mol. The van der Waals surface area contributed by atoms with Crippen molar-refractivity contribution in [3.8, 4) is 0 Å². The largest absolute Gasteiger partial charge is 0.433 e. The molecule has 0 radical (unpaired) electrons. The topological polar surface area (TPSA) is 76.6 Å². The Hall–Kier alpha value is -1.87. The van der Waals surface area contributed by atoms with Crippen molar-refractivity contribution in [1.82, 2.24) is 0 Å². The number of nitrogens with zero attached hydrogens (tertiary/aromatic N) is 2. The van der Waals surface area contributed by atoms with Gasteiger partial charge in [0.1, 0.15) is 10.7 Å². The van der Waals surface area contributed by atoms with Crippen molar-refractivity contribution in [3.05, 3.63) is 61.2 Å². The highest BCUT2D eigenvalue weighted by atomic mass is 35.5. The molecule has 1 fully saturated rings. The standard InChI is InChI=1S/C14H6Cl2N2O4S2/c15-7-1-3-10(9(16)5-7)17-13(19)11(24-14(17)23)6-8-2-4-12(22-8)18(20)21/h1-6H/b11-6-. The molecule has 1 saturated heterocycles. The van der Waals surface area contributed by atoms with Gasteiger partial charge in [-0.15, -0.1) is 0 Å². The van der Waals surface area contributed by atoms with Crippen LogP contribution in [0.25, 0.3) is 6.08 Å². The zero-order chi connectivity index (χ0) is 17.4. The fourth-order valence-corrected chi connectivity index (χ4v) is 3.74. The molecule has 122 valence electrons. The second-order valence-electron chi connectivity index (χ2n) is 4.55. The van der Waals surface area contributed by atoms with E-state index in [1.54, 1.807) is 12.1 Å². The van der Waals surface area contributed by atoms with Crippen molar-refractivity contribution in [2.75, 3.05) is 4.90 Å². The second kappa shape index (κ2) is 6.56. The summed E-state index contributed by atoms with van der Waals surface area (Å²) in [4.78, 5) is 24.1. The van der Waals surface area contributed by atoms with E-state index in [9.17, 15) is 14.9 Å². The summed E-state index contributed by atoms with van der Waals surface area (Å²) in [5.41, 5.74) is 0.414. The number of amides is 1. The van der Waals surface area contributed by atoms with Crippen molar-refractivity contribution in [3.63, 3.8) is 0 Å². The number of carbonyl (C=O) groups excluding carboxylic acids is 1. The highest BCUT2D eigenvalue weighted by Crippen LogP contribution is 2.39. The Balaban J connectivity index is 1.93. The van der Waals surface area contributed by atoms with Crippen LogP contribution in [0.4, 0.5) is 11.6 Å². The smallest absolute Gasteiger partial charge is 0.401 e. The third-order valence-corrected chi connectivity index (χ3v) is 4.85. The molecule has 0 N–H and O–H groups in total. The van der Waals surface area contributed by atoms with Gasteiger partial charge in [-0.05, 0) is 24.3 Å². The Morgan fingerprint density at radius 3 is 2.67 bits per heavy atom. The Kier molecular flexibility index (Phi) is 4.64. The summed E-state index contributed by atoms with van der Waals surface area (Å²) >= 11 is 18.3. The van der Waals surface area contributed by atoms with Crippen LogP contribution in [0.2, 0.25) is 10.0 Å². The van der Waals surface area contributed by atoms with Gasteiger partial charge in [-0.2, -0.15) is 0 Å². The fraction of sp³-hybridized carbons (Fsp3) is 0. The van der Waals surface area contributed by atoms with Crippen LogP contribution in [0.3, 0.4) is 0 Å². The van der Waals surface area contributed by atoms with E-state index in [1.165, 1.54) is 29.2 Å². The average Bonchev–Trinajstić information content (AvgIpc) is 3.07. The first-order valence-electron chi connectivity index (χ1n) is 6.34. The molecule has 2 heterocycles. The summed E-state index contributed by atoms with van der Waals surface area (Å²) < 4.78 is 5.31. The van der Waals surface area contributed by atoms with Gasteiger partial charge in [-0.1, -0.05) is 47.2 Å². The maximum Gasteiger partial charge on any atom is 0.433 e. The van der Waals surface area contributed by atoms with Gasteiger partial charge < -0.3 is 4.42 Å². The first-order chi connectivity index (χ1) is 11.4. The molecule has 0 bridgehead atoms. The molecule has 1 aromatic carbocycles. The number of carbonyl (C=O) groups is 1. The number of benzene rings is 1. The van der Waals surface area contributed by atoms with Crippen LogP contribution in [0.15, 0.2) is 39.7 Å². The molecule has 1 aromatic heterocycles. The van der Waals surface area contributed by atoms with Gasteiger partial charge in [-0.25, -0.2) is 0 Å². The van der Waals surface area contributed by atoms with Crippen molar-refractivity contribution in [2.45, 2.75) is 0 Å². The zero-order valence-electron chi connectivity index (χ0n) is 11.6. The molecule has 0 aliphatic carbocycles. The number of rotatable bonds is 3. The molecule has 0 atom stereocenters. The lowest BCUT2D eigenvalue weighted by molar-refractivity contribution is -0.402. The van der Waals surface area contributed by atoms with E-state index in [0.29, 0.717) is 10.7 Å². The lowest BCUT2D eigenvalue weighted by Gasteiger charge is -2.16. The number of hydrogen-bond donors (Lipinski definition) is 0. The van der Waals surface area contributed by atoms with E-state index < -0.39 is 16.7 Å². The van der Waals surface area contributed by atoms with E-state index in [4.69, 9.17) is 39.8 Å². The normalized spacial score (nSPS) is 16.2. The molecular formula is C14H6Cl2N2O4S2. The van der Waals surface area contributed by atoms with Crippen LogP contribution < -0.4 is 4.90 Å². The van der Waals surface area contributed by atoms with Gasteiger partial charge in [-0.3, -0.25) is 19.8 Å². The minimum absolute atomic E-state index is 0.185. The lowest BCUT2D eigenvalue weighted by Crippen LogP contribution is -2.27. The quantitative estimate of drug-likeness (QED) is 0.315. The number of furan rings is 1. The maximum absolute atomic E-state index is 12.6. The summed E-state index contributed by atoms with van der Waals surface area (Å²) in [5, 5.41) is 11.4. The van der Waals surface area contributed by atoms with E-state index in [2.05, 4.69) is 0 Å². The number of thiocarbonyl (C=S) groups is 1. The Morgan fingerprint density at radius 2 is 2.04 bits per heavy atom. The molecule has 0 unspecified atom stereocenters. The highest BCUT2D eigenvalue weighted by Gasteiger charge is 2.34. The molecule has 1 amide bonds. The molecule has 2 aromatic rings. The van der Waals surface area contributed by atoms with E-state index >= 15 is 0 Å². The molecule has 1 aliphatic rings. The lowest BCUT2D eigenvalue weighted by atomic mass is 10.3. The fourth-order valence-electron chi connectivity index (χ4n) is 1.99. The summed E-state index contributed by atoms with van der Waals surface area (Å²) in [7, 11) is 0. The van der Waals surface area contributed by atoms with Crippen molar-refractivity contribution >= 4 is 75.1 Å². The minimum Gasteiger partial charge on any atom is -0.401 e. The number of halogens is 2. The van der Waals surface area contributed by atoms with Gasteiger partial charge in [0.2, 0.25) is 0 Å². The summed E-state index contributed by atoms with van der Waals surface area (Å²) in [6, 6.07) is 7.32. The van der Waals surface area contributed by atoms with Gasteiger partial charge in [0, 0.05) is 11.1 Å². The molecule has 0 saturated carbocycles. The molecular weight excluding hydrogens is 395 g/mol. The summed E-state index contributed by atoms with van der Waals surface area (Å²) in [5.74, 6) is -0.616. The van der Waals surface area contributed by atoms with Crippen LogP contribution in [-0.2, 0) is 4.79 Å². The summed E-state index contributed by atoms with van der Waals surface area (Å²) in [6.45, 7) is 0. The Morgan fingerprint density at radius 1 is 1.29 bits per heavy atom. The van der Waals surface area contributed by atoms with Gasteiger partial charge in [0.15, 0.2) is 4.32 Å². The number of nitro groups is 1. The van der Waals surface area contributed by atoms with Crippen molar-refractivity contribution in [2.24, 2.45) is 0 Å². The number of thioether (sulfide) groups is 1. The van der Waals surface area contributed by atoms with Crippen LogP contribution in [0.5, 0.6) is 0 Å². The molecule has 3 rings (SSSR count). The monoisotopic (exact) mass is 400 g/mol. The van der Waals surface area contributed by atoms with Crippen LogP contribution in [0.1, 0.15) is 5.76 Å². The third kappa shape index (κ3) is 3.18. The zero-order valence-corrected chi connectivity index (χ0v) is 14.7. The van der Waals surface area contributed by atoms with Gasteiger partial charge in [0.25, 0.3) is 5.91 Å². The first kappa shape index (κ1) is 17.0. The molecule has 1 aliphatic heterocycles. The second-order valence-corrected chi connectivity index (χ2v) is 7.07. The van der Waals surface area contributed by atoms with Crippen LogP contribution in [0, 0.1) is 10.1 Å². The van der Waals surface area contributed by atoms with E-state index in [-0.39, 0.29) is 20.0 Å². The SMILES string of the molecule is O=C1/C(=C/c2ccc([N+](=O)[O-])o2)SC(=S)N1c1ccc(Cl)cc1Cl. The molecule has 0 spiro atoms. The molecule has 24 heavy (non-hydrogen) atoms. The first-order valence-corrected chi connectivity index (χ1v) is 8.32. The van der Waals surface area contributed by atoms with Crippen LogP contribution in [-0.4, -0.2) is 15.2 Å². The van der Waals surface area contributed by atoms with E-state index in [0.717, 1.165) is 11.8 Å². The maximum atomic E-state index is 12.6. The molecule has 6 nitrogen and oxygen atoms in total. The predicted molar refractivity (Wildman–Crippen MR) is 97.5 cm³/mol. The van der Waals surface area contributed by atoms with Gasteiger partial charge in [0.05, 0.1) is 21.7 Å². The number of hydrogen-bond acceptors (Lipinski definition) is 6. The minimum atomic E-state index is -0.657. The number of anilines is 1. The van der Waals surface area contributed by atoms with E-state index in [1.807, 2.05) is 0 Å². The summed E-state index contributed by atoms with van der Waals surface area (Å²) in [6.07, 6.45) is 1.40. The molecule has 10 heteroatoms. The third-order valence-electron chi connectivity index (χ3n) is 3.01. The van der Waals surface area contributed by atoms with Crippen LogP contribution >= 0.6 is 47.2 Å². The van der Waals surface area contributed by atoms with Gasteiger partial charge >= 0.3 is 5.88 Å².